The van der Waals surface area contributed by atoms with Gasteiger partial charge in [0.15, 0.2) is 0 Å². The number of aromatic hydroxyl groups is 1. The molecule has 1 heterocycles. The number of aromatic nitrogens is 1. The molecule has 0 aliphatic rings. The second kappa shape index (κ2) is 4.36. The quantitative estimate of drug-likeness (QED) is 0.887. The number of hydrogen-bond acceptors (Lipinski definition) is 4. The largest absolute Gasteiger partial charge is 0.507 e. The van der Waals surface area contributed by atoms with Gasteiger partial charge in [-0.25, -0.2) is 0 Å². The van der Waals surface area contributed by atoms with Gasteiger partial charge in [0.2, 0.25) is 0 Å². The summed E-state index contributed by atoms with van der Waals surface area (Å²) in [7, 11) is 0. The summed E-state index contributed by atoms with van der Waals surface area (Å²) < 4.78 is 5.11. The van der Waals surface area contributed by atoms with E-state index in [1.165, 1.54) is 18.5 Å². The van der Waals surface area contributed by atoms with Crippen LogP contribution in [0.3, 0.4) is 0 Å². The number of rotatable bonds is 2. The smallest absolute Gasteiger partial charge is 0.255 e. The molecule has 0 unspecified atom stereocenters. The summed E-state index contributed by atoms with van der Waals surface area (Å²) in [6, 6.07) is 4.55. The van der Waals surface area contributed by atoms with E-state index in [1.54, 1.807) is 12.1 Å². The Kier molecular flexibility index (Phi) is 2.91. The maximum absolute atomic E-state index is 11.7. The second-order valence-corrected chi connectivity index (χ2v) is 3.89. The van der Waals surface area contributed by atoms with Gasteiger partial charge >= 0.3 is 0 Å². The third kappa shape index (κ3) is 2.22. The highest BCUT2D eigenvalue weighted by atomic mass is 79.9. The number of carbonyl (C=O) groups is 1. The van der Waals surface area contributed by atoms with Gasteiger partial charge in [-0.3, -0.25) is 4.79 Å². The number of carbonyl (C=O) groups excluding carboxylic acids is 1. The van der Waals surface area contributed by atoms with Crippen LogP contribution in [0.1, 0.15) is 10.4 Å². The molecule has 82 valence electrons. The van der Waals surface area contributed by atoms with E-state index in [-0.39, 0.29) is 11.7 Å². The molecule has 1 aromatic heterocycles. The fraction of sp³-hybridized carbons (Fsp3) is 0. The van der Waals surface area contributed by atoms with Gasteiger partial charge in [0.05, 0.1) is 10.7 Å². The van der Waals surface area contributed by atoms with Crippen molar-refractivity contribution in [3.8, 4) is 5.75 Å². The summed E-state index contributed by atoms with van der Waals surface area (Å²) in [5.74, 6) is -0.330. The van der Waals surface area contributed by atoms with Crippen LogP contribution >= 0.6 is 15.9 Å². The molecule has 2 aromatic rings. The Morgan fingerprint density at radius 3 is 2.94 bits per heavy atom. The van der Waals surface area contributed by atoms with E-state index < -0.39 is 0 Å². The van der Waals surface area contributed by atoms with Gasteiger partial charge < -0.3 is 14.9 Å². The molecule has 0 fully saturated rings. The molecule has 16 heavy (non-hydrogen) atoms. The van der Waals surface area contributed by atoms with Crippen molar-refractivity contribution in [2.24, 2.45) is 0 Å². The standard InChI is InChI=1S/C10H7BrN2O3/c11-8-2-1-6(3-9(8)14)10(15)13-7-4-12-16-5-7/h1-5,14H,(H,13,15). The van der Waals surface area contributed by atoms with E-state index in [0.29, 0.717) is 15.7 Å². The number of nitrogens with zero attached hydrogens (tertiary/aromatic N) is 1. The first-order valence-corrected chi connectivity index (χ1v) is 5.15. The molecular weight excluding hydrogens is 276 g/mol. The van der Waals surface area contributed by atoms with Gasteiger partial charge in [0.1, 0.15) is 17.7 Å². The van der Waals surface area contributed by atoms with Crippen LogP contribution in [0.2, 0.25) is 0 Å². The highest BCUT2D eigenvalue weighted by molar-refractivity contribution is 9.10. The lowest BCUT2D eigenvalue weighted by Crippen LogP contribution is -2.11. The fourth-order valence-corrected chi connectivity index (χ4v) is 1.37. The molecule has 6 heteroatoms. The predicted octanol–water partition coefficient (Wildman–Crippen LogP) is 2.40. The summed E-state index contributed by atoms with van der Waals surface area (Å²) in [6.07, 6.45) is 2.70. The van der Waals surface area contributed by atoms with E-state index >= 15 is 0 Å². The van der Waals surface area contributed by atoms with Crippen LogP contribution in [0.25, 0.3) is 0 Å². The Bertz CT molecular complexity index is 511. The van der Waals surface area contributed by atoms with Gasteiger partial charge in [-0.15, -0.1) is 0 Å². The van der Waals surface area contributed by atoms with Crippen LogP contribution in [-0.4, -0.2) is 16.2 Å². The van der Waals surface area contributed by atoms with Crippen LogP contribution in [0.15, 0.2) is 39.7 Å². The first kappa shape index (κ1) is 10.7. The lowest BCUT2D eigenvalue weighted by Gasteiger charge is -2.03. The van der Waals surface area contributed by atoms with Gasteiger partial charge in [-0.1, -0.05) is 5.16 Å². The van der Waals surface area contributed by atoms with Crippen LogP contribution in [0.4, 0.5) is 5.69 Å². The Morgan fingerprint density at radius 2 is 2.31 bits per heavy atom. The summed E-state index contributed by atoms with van der Waals surface area (Å²) in [5, 5.41) is 15.4. The lowest BCUT2D eigenvalue weighted by atomic mass is 10.2. The lowest BCUT2D eigenvalue weighted by molar-refractivity contribution is 0.102. The van der Waals surface area contributed by atoms with Crippen molar-refractivity contribution in [1.82, 2.24) is 5.16 Å². The zero-order valence-corrected chi connectivity index (χ0v) is 9.56. The summed E-state index contributed by atoms with van der Waals surface area (Å²) >= 11 is 3.13. The molecule has 0 bridgehead atoms. The molecule has 0 aliphatic carbocycles. The second-order valence-electron chi connectivity index (χ2n) is 3.03. The number of amides is 1. The number of hydrogen-bond donors (Lipinski definition) is 2. The van der Waals surface area contributed by atoms with E-state index in [0.717, 1.165) is 0 Å². The average molecular weight is 283 g/mol. The third-order valence-corrected chi connectivity index (χ3v) is 2.57. The van der Waals surface area contributed by atoms with Gasteiger partial charge in [0, 0.05) is 5.56 Å². The maximum Gasteiger partial charge on any atom is 0.255 e. The minimum absolute atomic E-state index is 0.0120. The highest BCUT2D eigenvalue weighted by Crippen LogP contribution is 2.24. The van der Waals surface area contributed by atoms with Gasteiger partial charge in [0.25, 0.3) is 5.91 Å². The Balaban J connectivity index is 2.18. The normalized spacial score (nSPS) is 10.1. The monoisotopic (exact) mass is 282 g/mol. The molecule has 0 atom stereocenters. The number of anilines is 1. The van der Waals surface area contributed by atoms with Crippen LogP contribution in [0, 0.1) is 0 Å². The minimum Gasteiger partial charge on any atom is -0.507 e. The number of phenols is 1. The Hall–Kier alpha value is -1.82. The van der Waals surface area contributed by atoms with Crippen molar-refractivity contribution < 1.29 is 14.4 Å². The molecule has 0 saturated heterocycles. The summed E-state index contributed by atoms with van der Waals surface area (Å²) in [5.41, 5.74) is 0.814. The zero-order valence-electron chi connectivity index (χ0n) is 7.98. The van der Waals surface area contributed by atoms with Crippen molar-refractivity contribution in [3.63, 3.8) is 0 Å². The Morgan fingerprint density at radius 1 is 1.50 bits per heavy atom. The van der Waals surface area contributed by atoms with Crippen molar-refractivity contribution in [2.75, 3.05) is 5.32 Å². The zero-order chi connectivity index (χ0) is 11.5. The summed E-state index contributed by atoms with van der Waals surface area (Å²) in [6.45, 7) is 0. The first-order valence-electron chi connectivity index (χ1n) is 4.36. The van der Waals surface area contributed by atoms with E-state index in [2.05, 4.69) is 30.9 Å². The number of nitrogens with one attached hydrogen (secondary N) is 1. The van der Waals surface area contributed by atoms with E-state index in [1.807, 2.05) is 0 Å². The van der Waals surface area contributed by atoms with Crippen LogP contribution in [0.5, 0.6) is 5.75 Å². The van der Waals surface area contributed by atoms with E-state index in [9.17, 15) is 9.90 Å². The van der Waals surface area contributed by atoms with Crippen molar-refractivity contribution >= 4 is 27.5 Å². The molecule has 0 aliphatic heterocycles. The van der Waals surface area contributed by atoms with Crippen LogP contribution in [-0.2, 0) is 0 Å². The average Bonchev–Trinajstić information content (AvgIpc) is 2.74. The molecule has 1 amide bonds. The molecule has 1 aromatic carbocycles. The molecule has 2 rings (SSSR count). The van der Waals surface area contributed by atoms with E-state index in [4.69, 9.17) is 0 Å². The fourth-order valence-electron chi connectivity index (χ4n) is 1.12. The minimum atomic E-state index is -0.342. The highest BCUT2D eigenvalue weighted by Gasteiger charge is 2.09. The molecule has 0 spiro atoms. The SMILES string of the molecule is O=C(Nc1cnoc1)c1ccc(Br)c(O)c1. The van der Waals surface area contributed by atoms with Crippen LogP contribution < -0.4 is 5.32 Å². The van der Waals surface area contributed by atoms with Crippen molar-refractivity contribution in [2.45, 2.75) is 0 Å². The first-order chi connectivity index (χ1) is 7.66. The topological polar surface area (TPSA) is 75.4 Å². The molecule has 5 nitrogen and oxygen atoms in total. The molecular formula is C10H7BrN2O3. The molecule has 2 N–H and O–H groups in total. The molecule has 0 radical (unpaired) electrons. The van der Waals surface area contributed by atoms with Crippen molar-refractivity contribution in [3.05, 3.63) is 40.7 Å². The third-order valence-electron chi connectivity index (χ3n) is 1.90. The number of benzene rings is 1. The molecule has 0 saturated carbocycles. The van der Waals surface area contributed by atoms with Crippen molar-refractivity contribution in [1.29, 1.82) is 0 Å². The summed E-state index contributed by atoms with van der Waals surface area (Å²) in [4.78, 5) is 11.7. The van der Waals surface area contributed by atoms with Gasteiger partial charge in [-0.2, -0.15) is 0 Å². The maximum atomic E-state index is 11.7. The number of phenolic OH excluding ortho intramolecular Hbond substituents is 1. The Labute approximate surface area is 99.2 Å². The number of halogens is 1. The van der Waals surface area contributed by atoms with Gasteiger partial charge in [-0.05, 0) is 34.1 Å². The predicted molar refractivity (Wildman–Crippen MR) is 60.3 cm³/mol.